The summed E-state index contributed by atoms with van der Waals surface area (Å²) in [5.41, 5.74) is 0. The van der Waals surface area contributed by atoms with Gasteiger partial charge in [0.2, 0.25) is 0 Å². The molecule has 2 rings (SSSR count). The molecule has 2 aliphatic rings. The van der Waals surface area contributed by atoms with Crippen LogP contribution in [0.4, 0.5) is 0 Å². The van der Waals surface area contributed by atoms with Crippen molar-refractivity contribution in [3.05, 3.63) is 0 Å². The van der Waals surface area contributed by atoms with Crippen LogP contribution in [0.15, 0.2) is 0 Å². The van der Waals surface area contributed by atoms with Gasteiger partial charge < -0.3 is 10.2 Å². The van der Waals surface area contributed by atoms with Gasteiger partial charge in [0.1, 0.15) is 0 Å². The Balaban J connectivity index is 1.80. The van der Waals surface area contributed by atoms with Gasteiger partial charge in [-0.1, -0.05) is 13.3 Å². The van der Waals surface area contributed by atoms with Crippen LogP contribution in [0.3, 0.4) is 0 Å². The molecule has 0 saturated carbocycles. The normalized spacial score (nSPS) is 32.5. The number of piperidine rings is 1. The van der Waals surface area contributed by atoms with Gasteiger partial charge in [0.05, 0.1) is 0 Å². The van der Waals surface area contributed by atoms with Crippen LogP contribution in [0.2, 0.25) is 0 Å². The zero-order valence-corrected chi connectivity index (χ0v) is 8.76. The Morgan fingerprint density at radius 3 is 2.62 bits per heavy atom. The van der Waals surface area contributed by atoms with Crippen molar-refractivity contribution in [1.82, 2.24) is 10.2 Å². The molecule has 0 radical (unpaired) electrons. The van der Waals surface area contributed by atoms with Crippen LogP contribution in [0.1, 0.15) is 32.6 Å². The molecule has 1 atom stereocenters. The summed E-state index contributed by atoms with van der Waals surface area (Å²) in [5, 5.41) is 3.44. The Hall–Kier alpha value is -0.0800. The average Bonchev–Trinajstić information content (AvgIpc) is 2.67. The van der Waals surface area contributed by atoms with Crippen LogP contribution in [0.5, 0.6) is 0 Å². The highest BCUT2D eigenvalue weighted by molar-refractivity contribution is 4.83. The molecule has 0 aromatic heterocycles. The lowest BCUT2D eigenvalue weighted by Gasteiger charge is -2.31. The predicted octanol–water partition coefficient (Wildman–Crippen LogP) is 1.47. The van der Waals surface area contributed by atoms with Gasteiger partial charge in [-0.2, -0.15) is 0 Å². The number of nitrogens with one attached hydrogen (secondary N) is 1. The summed E-state index contributed by atoms with van der Waals surface area (Å²) in [5.74, 6) is 0.995. The first kappa shape index (κ1) is 9.47. The Bertz CT molecular complexity index is 152. The van der Waals surface area contributed by atoms with Crippen molar-refractivity contribution in [3.63, 3.8) is 0 Å². The molecule has 0 spiro atoms. The van der Waals surface area contributed by atoms with Gasteiger partial charge in [-0.25, -0.2) is 0 Å². The molecule has 1 N–H and O–H groups in total. The second kappa shape index (κ2) is 4.43. The third kappa shape index (κ3) is 2.23. The van der Waals surface area contributed by atoms with E-state index < -0.39 is 0 Å². The fraction of sp³-hybridized carbons (Fsp3) is 1.00. The number of hydrogen-bond donors (Lipinski definition) is 1. The molecule has 0 aliphatic carbocycles. The number of nitrogens with zero attached hydrogens (tertiary/aromatic N) is 1. The number of rotatable bonds is 2. The molecular weight excluding hydrogens is 160 g/mol. The third-order valence-corrected chi connectivity index (χ3v) is 3.72. The van der Waals surface area contributed by atoms with Gasteiger partial charge >= 0.3 is 0 Å². The fourth-order valence-electron chi connectivity index (χ4n) is 2.70. The van der Waals surface area contributed by atoms with Crippen LogP contribution < -0.4 is 5.32 Å². The lowest BCUT2D eigenvalue weighted by atomic mass is 10.0. The van der Waals surface area contributed by atoms with Crippen molar-refractivity contribution in [2.45, 2.75) is 38.6 Å². The predicted molar refractivity (Wildman–Crippen MR) is 55.9 cm³/mol. The maximum absolute atomic E-state index is 3.44. The quantitative estimate of drug-likeness (QED) is 0.695. The molecule has 2 aliphatic heterocycles. The van der Waals surface area contributed by atoms with E-state index in [-0.39, 0.29) is 0 Å². The van der Waals surface area contributed by atoms with E-state index in [1.807, 2.05) is 0 Å². The maximum Gasteiger partial charge on any atom is 0.0119 e. The molecule has 76 valence electrons. The highest BCUT2D eigenvalue weighted by Crippen LogP contribution is 2.24. The zero-order valence-electron chi connectivity index (χ0n) is 8.76. The van der Waals surface area contributed by atoms with Crippen molar-refractivity contribution in [1.29, 1.82) is 0 Å². The fourth-order valence-corrected chi connectivity index (χ4v) is 2.70. The van der Waals surface area contributed by atoms with E-state index in [1.165, 1.54) is 51.9 Å². The number of hydrogen-bond acceptors (Lipinski definition) is 2. The molecule has 2 nitrogen and oxygen atoms in total. The van der Waals surface area contributed by atoms with Crippen LogP contribution in [-0.2, 0) is 0 Å². The molecule has 0 amide bonds. The van der Waals surface area contributed by atoms with E-state index in [0.29, 0.717) is 0 Å². The minimum atomic E-state index is 0.901. The Labute approximate surface area is 81.7 Å². The smallest absolute Gasteiger partial charge is 0.0119 e. The van der Waals surface area contributed by atoms with Crippen molar-refractivity contribution < 1.29 is 0 Å². The summed E-state index contributed by atoms with van der Waals surface area (Å²) >= 11 is 0. The number of likely N-dealkylation sites (tertiary alicyclic amines) is 1. The van der Waals surface area contributed by atoms with Crippen molar-refractivity contribution >= 4 is 0 Å². The summed E-state index contributed by atoms with van der Waals surface area (Å²) in [6.07, 6.45) is 5.56. The maximum atomic E-state index is 3.44. The van der Waals surface area contributed by atoms with E-state index in [1.54, 1.807) is 0 Å². The van der Waals surface area contributed by atoms with Gasteiger partial charge in [-0.05, 0) is 44.8 Å². The minimum Gasteiger partial charge on any atom is -0.317 e. The highest BCUT2D eigenvalue weighted by atomic mass is 15.2. The summed E-state index contributed by atoms with van der Waals surface area (Å²) < 4.78 is 0. The molecule has 2 heteroatoms. The summed E-state index contributed by atoms with van der Waals surface area (Å²) in [6.45, 7) is 7.54. The molecule has 0 aromatic rings. The van der Waals surface area contributed by atoms with Crippen molar-refractivity contribution in [2.24, 2.45) is 5.92 Å². The van der Waals surface area contributed by atoms with E-state index in [4.69, 9.17) is 0 Å². The zero-order chi connectivity index (χ0) is 9.10. The second-order valence-corrected chi connectivity index (χ2v) is 4.54. The SMILES string of the molecule is CCC1CCN(C2CCNCC2)C1. The molecule has 0 aromatic carbocycles. The lowest BCUT2D eigenvalue weighted by molar-refractivity contribution is 0.192. The monoisotopic (exact) mass is 182 g/mol. The largest absolute Gasteiger partial charge is 0.317 e. The van der Waals surface area contributed by atoms with E-state index >= 15 is 0 Å². The molecule has 2 saturated heterocycles. The van der Waals surface area contributed by atoms with Crippen LogP contribution >= 0.6 is 0 Å². The molecule has 13 heavy (non-hydrogen) atoms. The molecule has 1 unspecified atom stereocenters. The topological polar surface area (TPSA) is 15.3 Å². The Morgan fingerprint density at radius 1 is 1.23 bits per heavy atom. The first-order chi connectivity index (χ1) is 6.40. The minimum absolute atomic E-state index is 0.901. The van der Waals surface area contributed by atoms with Gasteiger partial charge in [-0.15, -0.1) is 0 Å². The molecule has 0 bridgehead atoms. The van der Waals surface area contributed by atoms with E-state index in [2.05, 4.69) is 17.1 Å². The van der Waals surface area contributed by atoms with Gasteiger partial charge in [0, 0.05) is 12.6 Å². The molecule has 2 fully saturated rings. The summed E-state index contributed by atoms with van der Waals surface area (Å²) in [6, 6.07) is 0.901. The second-order valence-electron chi connectivity index (χ2n) is 4.54. The van der Waals surface area contributed by atoms with Gasteiger partial charge in [0.25, 0.3) is 0 Å². The first-order valence-corrected chi connectivity index (χ1v) is 5.85. The highest BCUT2D eigenvalue weighted by Gasteiger charge is 2.27. The van der Waals surface area contributed by atoms with Crippen LogP contribution in [-0.4, -0.2) is 37.1 Å². The van der Waals surface area contributed by atoms with Gasteiger partial charge in [-0.3, -0.25) is 0 Å². The summed E-state index contributed by atoms with van der Waals surface area (Å²) in [7, 11) is 0. The van der Waals surface area contributed by atoms with E-state index in [0.717, 1.165) is 12.0 Å². The van der Waals surface area contributed by atoms with Crippen molar-refractivity contribution in [3.8, 4) is 0 Å². The first-order valence-electron chi connectivity index (χ1n) is 5.85. The summed E-state index contributed by atoms with van der Waals surface area (Å²) in [4.78, 5) is 2.73. The lowest BCUT2D eigenvalue weighted by Crippen LogP contribution is -2.41. The third-order valence-electron chi connectivity index (χ3n) is 3.72. The standard InChI is InChI=1S/C11H22N2/c1-2-10-5-8-13(9-10)11-3-6-12-7-4-11/h10-12H,2-9H2,1H3. The average molecular weight is 182 g/mol. The van der Waals surface area contributed by atoms with Crippen LogP contribution in [0.25, 0.3) is 0 Å². The Kier molecular flexibility index (Phi) is 3.23. The van der Waals surface area contributed by atoms with E-state index in [9.17, 15) is 0 Å². The van der Waals surface area contributed by atoms with Crippen molar-refractivity contribution in [2.75, 3.05) is 26.2 Å². The molecule has 2 heterocycles. The van der Waals surface area contributed by atoms with Gasteiger partial charge in [0.15, 0.2) is 0 Å². The van der Waals surface area contributed by atoms with Crippen LogP contribution in [0, 0.1) is 5.92 Å². The molecular formula is C11H22N2. The Morgan fingerprint density at radius 2 is 2.00 bits per heavy atom.